The molecule has 3 aromatic rings. The van der Waals surface area contributed by atoms with E-state index in [1.54, 1.807) is 18.2 Å². The zero-order chi connectivity index (χ0) is 16.1. The van der Waals surface area contributed by atoms with Crippen LogP contribution in [-0.4, -0.2) is 17.6 Å². The zero-order valence-electron chi connectivity index (χ0n) is 12.5. The van der Waals surface area contributed by atoms with Gasteiger partial charge in [0.2, 0.25) is 0 Å². The SMILES string of the molecule is O=C(COc1ccc2ccccc2c1)Nc1ccccc1CO. The van der Waals surface area contributed by atoms with Crippen molar-refractivity contribution >= 4 is 22.4 Å². The summed E-state index contributed by atoms with van der Waals surface area (Å²) < 4.78 is 5.55. The van der Waals surface area contributed by atoms with E-state index in [0.29, 0.717) is 17.0 Å². The first-order valence-electron chi connectivity index (χ1n) is 7.36. The average Bonchev–Trinajstić information content (AvgIpc) is 2.60. The molecule has 1 amide bonds. The van der Waals surface area contributed by atoms with E-state index >= 15 is 0 Å². The van der Waals surface area contributed by atoms with Gasteiger partial charge in [-0.2, -0.15) is 0 Å². The van der Waals surface area contributed by atoms with E-state index in [1.807, 2.05) is 48.5 Å². The molecule has 0 aliphatic heterocycles. The van der Waals surface area contributed by atoms with Gasteiger partial charge in [-0.3, -0.25) is 4.79 Å². The number of ether oxygens (including phenoxy) is 1. The summed E-state index contributed by atoms with van der Waals surface area (Å²) in [6.07, 6.45) is 0. The van der Waals surface area contributed by atoms with Crippen LogP contribution in [0, 0.1) is 0 Å². The molecule has 0 aliphatic carbocycles. The fourth-order valence-electron chi connectivity index (χ4n) is 2.37. The molecule has 0 radical (unpaired) electrons. The number of carbonyl (C=O) groups is 1. The number of nitrogens with one attached hydrogen (secondary N) is 1. The molecule has 0 fully saturated rings. The van der Waals surface area contributed by atoms with Crippen LogP contribution in [0.15, 0.2) is 66.7 Å². The predicted molar refractivity (Wildman–Crippen MR) is 90.4 cm³/mol. The molecule has 116 valence electrons. The third-order valence-corrected chi connectivity index (χ3v) is 3.55. The van der Waals surface area contributed by atoms with E-state index in [0.717, 1.165) is 10.8 Å². The third-order valence-electron chi connectivity index (χ3n) is 3.55. The van der Waals surface area contributed by atoms with Gasteiger partial charge >= 0.3 is 0 Å². The Hall–Kier alpha value is -2.85. The average molecular weight is 307 g/mol. The van der Waals surface area contributed by atoms with Crippen LogP contribution in [0.25, 0.3) is 10.8 Å². The van der Waals surface area contributed by atoms with Crippen LogP contribution >= 0.6 is 0 Å². The van der Waals surface area contributed by atoms with Crippen LogP contribution in [0.3, 0.4) is 0 Å². The van der Waals surface area contributed by atoms with E-state index in [4.69, 9.17) is 4.74 Å². The van der Waals surface area contributed by atoms with E-state index in [2.05, 4.69) is 5.32 Å². The Morgan fingerprint density at radius 2 is 1.70 bits per heavy atom. The predicted octanol–water partition coefficient (Wildman–Crippen LogP) is 3.35. The van der Waals surface area contributed by atoms with E-state index in [1.165, 1.54) is 0 Å². The fourth-order valence-corrected chi connectivity index (χ4v) is 2.37. The van der Waals surface area contributed by atoms with Crippen LogP contribution in [0.1, 0.15) is 5.56 Å². The van der Waals surface area contributed by atoms with Gasteiger partial charge in [0.1, 0.15) is 5.75 Å². The molecule has 0 saturated carbocycles. The molecule has 0 atom stereocenters. The molecule has 0 aliphatic rings. The number of amides is 1. The summed E-state index contributed by atoms with van der Waals surface area (Å²) in [5.74, 6) is 0.383. The van der Waals surface area contributed by atoms with Crippen molar-refractivity contribution in [3.63, 3.8) is 0 Å². The smallest absolute Gasteiger partial charge is 0.262 e. The highest BCUT2D eigenvalue weighted by Gasteiger charge is 2.07. The Balaban J connectivity index is 1.63. The van der Waals surface area contributed by atoms with Crippen molar-refractivity contribution < 1.29 is 14.6 Å². The number of anilines is 1. The van der Waals surface area contributed by atoms with Crippen LogP contribution in [-0.2, 0) is 11.4 Å². The number of para-hydroxylation sites is 1. The molecule has 0 heterocycles. The Morgan fingerprint density at radius 3 is 2.52 bits per heavy atom. The fraction of sp³-hybridized carbons (Fsp3) is 0.105. The van der Waals surface area contributed by atoms with Gasteiger partial charge in [-0.1, -0.05) is 48.5 Å². The highest BCUT2D eigenvalue weighted by molar-refractivity contribution is 5.92. The van der Waals surface area contributed by atoms with Crippen molar-refractivity contribution in [1.29, 1.82) is 0 Å². The summed E-state index contributed by atoms with van der Waals surface area (Å²) in [6.45, 7) is -0.208. The van der Waals surface area contributed by atoms with Gasteiger partial charge in [0.05, 0.1) is 6.61 Å². The first kappa shape index (κ1) is 15.1. The summed E-state index contributed by atoms with van der Waals surface area (Å²) in [7, 11) is 0. The summed E-state index contributed by atoms with van der Waals surface area (Å²) in [5, 5.41) is 14.2. The summed E-state index contributed by atoms with van der Waals surface area (Å²) in [5.41, 5.74) is 1.27. The largest absolute Gasteiger partial charge is 0.484 e. The quantitative estimate of drug-likeness (QED) is 0.760. The van der Waals surface area contributed by atoms with Crippen molar-refractivity contribution in [2.45, 2.75) is 6.61 Å². The minimum Gasteiger partial charge on any atom is -0.484 e. The normalized spacial score (nSPS) is 10.5. The van der Waals surface area contributed by atoms with Gasteiger partial charge in [0, 0.05) is 11.3 Å². The summed E-state index contributed by atoms with van der Waals surface area (Å²) in [4.78, 5) is 12.0. The van der Waals surface area contributed by atoms with Crippen LogP contribution in [0.2, 0.25) is 0 Å². The van der Waals surface area contributed by atoms with Gasteiger partial charge in [0.15, 0.2) is 6.61 Å². The molecule has 0 aromatic heterocycles. The lowest BCUT2D eigenvalue weighted by Crippen LogP contribution is -2.20. The van der Waals surface area contributed by atoms with Crippen LogP contribution < -0.4 is 10.1 Å². The molecule has 3 aromatic carbocycles. The van der Waals surface area contributed by atoms with Crippen molar-refractivity contribution in [2.75, 3.05) is 11.9 Å². The molecule has 3 rings (SSSR count). The van der Waals surface area contributed by atoms with Gasteiger partial charge in [0.25, 0.3) is 5.91 Å². The lowest BCUT2D eigenvalue weighted by atomic mass is 10.1. The number of carbonyl (C=O) groups excluding carboxylic acids is 1. The van der Waals surface area contributed by atoms with E-state index in [-0.39, 0.29) is 19.1 Å². The lowest BCUT2D eigenvalue weighted by Gasteiger charge is -2.10. The molecule has 23 heavy (non-hydrogen) atoms. The second-order valence-electron chi connectivity index (χ2n) is 5.16. The van der Waals surface area contributed by atoms with Gasteiger partial charge < -0.3 is 15.2 Å². The lowest BCUT2D eigenvalue weighted by molar-refractivity contribution is -0.118. The third kappa shape index (κ3) is 3.67. The zero-order valence-corrected chi connectivity index (χ0v) is 12.5. The summed E-state index contributed by atoms with van der Waals surface area (Å²) >= 11 is 0. The Morgan fingerprint density at radius 1 is 0.957 bits per heavy atom. The minimum absolute atomic E-state index is 0.0852. The van der Waals surface area contributed by atoms with Crippen molar-refractivity contribution in [2.24, 2.45) is 0 Å². The van der Waals surface area contributed by atoms with Gasteiger partial charge in [-0.05, 0) is 29.0 Å². The molecule has 4 nitrogen and oxygen atoms in total. The van der Waals surface area contributed by atoms with Gasteiger partial charge in [-0.25, -0.2) is 0 Å². The number of hydrogen-bond acceptors (Lipinski definition) is 3. The molecular weight excluding hydrogens is 290 g/mol. The topological polar surface area (TPSA) is 58.6 Å². The Labute approximate surface area is 134 Å². The van der Waals surface area contributed by atoms with Gasteiger partial charge in [-0.15, -0.1) is 0 Å². The minimum atomic E-state index is -0.265. The molecule has 0 bridgehead atoms. The number of aliphatic hydroxyl groups excluding tert-OH is 1. The Kier molecular flexibility index (Phi) is 4.54. The second-order valence-corrected chi connectivity index (χ2v) is 5.16. The second kappa shape index (κ2) is 6.94. The van der Waals surface area contributed by atoms with Crippen molar-refractivity contribution in [3.8, 4) is 5.75 Å². The molecule has 0 spiro atoms. The standard InChI is InChI=1S/C19H17NO3/c21-12-16-7-3-4-8-18(16)20-19(22)13-23-17-10-9-14-5-1-2-6-15(14)11-17/h1-11,21H,12-13H2,(H,20,22). The molecular formula is C19H17NO3. The Bertz CT molecular complexity index is 829. The number of aliphatic hydroxyl groups is 1. The van der Waals surface area contributed by atoms with Crippen molar-refractivity contribution in [3.05, 3.63) is 72.3 Å². The van der Waals surface area contributed by atoms with E-state index in [9.17, 15) is 9.90 Å². The maximum absolute atomic E-state index is 12.0. The maximum atomic E-state index is 12.0. The first-order chi connectivity index (χ1) is 11.3. The molecule has 2 N–H and O–H groups in total. The molecule has 0 saturated heterocycles. The highest BCUT2D eigenvalue weighted by atomic mass is 16.5. The van der Waals surface area contributed by atoms with Crippen LogP contribution in [0.5, 0.6) is 5.75 Å². The van der Waals surface area contributed by atoms with E-state index < -0.39 is 0 Å². The number of rotatable bonds is 5. The first-order valence-corrected chi connectivity index (χ1v) is 7.36. The summed E-state index contributed by atoms with van der Waals surface area (Å²) in [6, 6.07) is 20.8. The highest BCUT2D eigenvalue weighted by Crippen LogP contribution is 2.20. The molecule has 0 unspecified atom stereocenters. The monoisotopic (exact) mass is 307 g/mol. The number of fused-ring (bicyclic) bond motifs is 1. The number of benzene rings is 3. The van der Waals surface area contributed by atoms with Crippen molar-refractivity contribution in [1.82, 2.24) is 0 Å². The maximum Gasteiger partial charge on any atom is 0.262 e. The number of hydrogen-bond donors (Lipinski definition) is 2. The molecule has 4 heteroatoms. The van der Waals surface area contributed by atoms with Crippen LogP contribution in [0.4, 0.5) is 5.69 Å².